The summed E-state index contributed by atoms with van der Waals surface area (Å²) in [6, 6.07) is 2.13. The lowest BCUT2D eigenvalue weighted by atomic mass is 10.0. The van der Waals surface area contributed by atoms with E-state index in [9.17, 15) is 0 Å². The predicted octanol–water partition coefficient (Wildman–Crippen LogP) is 1.41. The number of nitriles is 1. The van der Waals surface area contributed by atoms with Crippen molar-refractivity contribution in [3.05, 3.63) is 11.6 Å². The molecule has 2 nitrogen and oxygen atoms in total. The first kappa shape index (κ1) is 7.82. The van der Waals surface area contributed by atoms with Gasteiger partial charge in [-0.25, -0.2) is 0 Å². The van der Waals surface area contributed by atoms with E-state index in [2.05, 4.69) is 18.0 Å². The van der Waals surface area contributed by atoms with Crippen molar-refractivity contribution in [1.29, 1.82) is 5.26 Å². The molecule has 2 atom stereocenters. The first-order valence-corrected chi connectivity index (χ1v) is 4.55. The van der Waals surface area contributed by atoms with E-state index in [1.807, 2.05) is 0 Å². The number of fused-ring (bicyclic) bond motifs is 1. The molecule has 1 heterocycles. The summed E-state index contributed by atoms with van der Waals surface area (Å²) in [5.41, 5.74) is 1.38. The third-order valence-corrected chi connectivity index (χ3v) is 3.08. The van der Waals surface area contributed by atoms with E-state index in [1.165, 1.54) is 31.5 Å². The van der Waals surface area contributed by atoms with Crippen LogP contribution in [-0.2, 0) is 0 Å². The van der Waals surface area contributed by atoms with E-state index < -0.39 is 0 Å². The smallest absolute Gasteiger partial charge is 0.0911 e. The minimum Gasteiger partial charge on any atom is -0.306 e. The van der Waals surface area contributed by atoms with Gasteiger partial charge in [0, 0.05) is 19.2 Å². The number of nitrogens with zero attached hydrogens (tertiary/aromatic N) is 2. The SMILES string of the molecule is CN1CC2CC(=CC#N)CC2C1. The van der Waals surface area contributed by atoms with Crippen LogP contribution in [0, 0.1) is 23.2 Å². The zero-order valence-corrected chi connectivity index (χ0v) is 7.45. The molecule has 0 N–H and O–H groups in total. The van der Waals surface area contributed by atoms with E-state index >= 15 is 0 Å². The van der Waals surface area contributed by atoms with Gasteiger partial charge in [0.25, 0.3) is 0 Å². The Kier molecular flexibility index (Phi) is 1.90. The highest BCUT2D eigenvalue weighted by atomic mass is 15.1. The maximum Gasteiger partial charge on any atom is 0.0911 e. The van der Waals surface area contributed by atoms with Gasteiger partial charge >= 0.3 is 0 Å². The molecule has 1 aliphatic heterocycles. The topological polar surface area (TPSA) is 27.0 Å². The fraction of sp³-hybridized carbons (Fsp3) is 0.700. The molecule has 0 aromatic carbocycles. The molecule has 1 saturated carbocycles. The second-order valence-corrected chi connectivity index (χ2v) is 4.08. The van der Waals surface area contributed by atoms with Crippen LogP contribution in [-0.4, -0.2) is 25.0 Å². The molecule has 0 bridgehead atoms. The minimum atomic E-state index is 0.842. The van der Waals surface area contributed by atoms with Crippen molar-refractivity contribution in [1.82, 2.24) is 4.90 Å². The summed E-state index contributed by atoms with van der Waals surface area (Å²) in [6.07, 6.45) is 4.09. The summed E-state index contributed by atoms with van der Waals surface area (Å²) in [4.78, 5) is 2.40. The predicted molar refractivity (Wildman–Crippen MR) is 47.4 cm³/mol. The Morgan fingerprint density at radius 2 is 2.00 bits per heavy atom. The molecule has 12 heavy (non-hydrogen) atoms. The van der Waals surface area contributed by atoms with Gasteiger partial charge < -0.3 is 4.90 Å². The molecule has 1 saturated heterocycles. The van der Waals surface area contributed by atoms with Crippen molar-refractivity contribution in [3.8, 4) is 6.07 Å². The summed E-state index contributed by atoms with van der Waals surface area (Å²) >= 11 is 0. The summed E-state index contributed by atoms with van der Waals surface area (Å²) < 4.78 is 0. The highest BCUT2D eigenvalue weighted by molar-refractivity contribution is 5.19. The largest absolute Gasteiger partial charge is 0.306 e. The molecule has 2 heteroatoms. The highest BCUT2D eigenvalue weighted by Gasteiger charge is 2.36. The number of rotatable bonds is 0. The molecule has 2 unspecified atom stereocenters. The van der Waals surface area contributed by atoms with Crippen LogP contribution in [0.2, 0.25) is 0 Å². The fourth-order valence-electron chi connectivity index (χ4n) is 2.60. The van der Waals surface area contributed by atoms with Crippen LogP contribution >= 0.6 is 0 Å². The number of hydrogen-bond acceptors (Lipinski definition) is 2. The van der Waals surface area contributed by atoms with E-state index in [0.29, 0.717) is 0 Å². The van der Waals surface area contributed by atoms with Crippen molar-refractivity contribution in [2.45, 2.75) is 12.8 Å². The van der Waals surface area contributed by atoms with Crippen LogP contribution in [0.3, 0.4) is 0 Å². The van der Waals surface area contributed by atoms with Crippen LogP contribution in [0.1, 0.15) is 12.8 Å². The molecule has 0 spiro atoms. The van der Waals surface area contributed by atoms with Crippen LogP contribution in [0.4, 0.5) is 0 Å². The maximum atomic E-state index is 8.51. The molecule has 0 amide bonds. The molecule has 0 aromatic rings. The molecule has 2 rings (SSSR count). The summed E-state index contributed by atoms with van der Waals surface area (Å²) in [7, 11) is 2.19. The Balaban J connectivity index is 2.03. The molecular formula is C10H14N2. The zero-order chi connectivity index (χ0) is 8.55. The van der Waals surface area contributed by atoms with Crippen molar-refractivity contribution >= 4 is 0 Å². The lowest BCUT2D eigenvalue weighted by Gasteiger charge is -2.08. The second kappa shape index (κ2) is 2.91. The monoisotopic (exact) mass is 162 g/mol. The van der Waals surface area contributed by atoms with E-state index in [1.54, 1.807) is 6.08 Å². The van der Waals surface area contributed by atoms with Crippen LogP contribution in [0.15, 0.2) is 11.6 Å². The van der Waals surface area contributed by atoms with Crippen LogP contribution < -0.4 is 0 Å². The van der Waals surface area contributed by atoms with Gasteiger partial charge in [-0.05, 0) is 31.7 Å². The third kappa shape index (κ3) is 1.25. The van der Waals surface area contributed by atoms with E-state index in [0.717, 1.165) is 11.8 Å². The average Bonchev–Trinajstić information content (AvgIpc) is 2.44. The molecule has 2 fully saturated rings. The number of likely N-dealkylation sites (tertiary alicyclic amines) is 1. The van der Waals surface area contributed by atoms with Gasteiger partial charge in [-0.3, -0.25) is 0 Å². The van der Waals surface area contributed by atoms with Gasteiger partial charge in [0.15, 0.2) is 0 Å². The zero-order valence-electron chi connectivity index (χ0n) is 7.45. The van der Waals surface area contributed by atoms with Crippen molar-refractivity contribution in [2.24, 2.45) is 11.8 Å². The van der Waals surface area contributed by atoms with Gasteiger partial charge in [0.2, 0.25) is 0 Å². The van der Waals surface area contributed by atoms with Gasteiger partial charge in [0.1, 0.15) is 0 Å². The van der Waals surface area contributed by atoms with Gasteiger partial charge in [0.05, 0.1) is 6.07 Å². The molecule has 0 aromatic heterocycles. The standard InChI is InChI=1S/C10H14N2/c1-12-6-9-4-8(2-3-11)5-10(9)7-12/h2,9-10H,4-7H2,1H3. The second-order valence-electron chi connectivity index (χ2n) is 4.08. The lowest BCUT2D eigenvalue weighted by Crippen LogP contribution is -2.15. The molecule has 0 radical (unpaired) electrons. The van der Waals surface area contributed by atoms with E-state index in [-0.39, 0.29) is 0 Å². The molecular weight excluding hydrogens is 148 g/mol. The molecule has 1 aliphatic carbocycles. The molecule has 2 aliphatic rings. The van der Waals surface area contributed by atoms with Gasteiger partial charge in [-0.2, -0.15) is 5.26 Å². The maximum absolute atomic E-state index is 8.51. The Bertz CT molecular complexity index is 233. The summed E-state index contributed by atoms with van der Waals surface area (Å²) in [5.74, 6) is 1.68. The number of allylic oxidation sites excluding steroid dienone is 2. The minimum absolute atomic E-state index is 0.842. The van der Waals surface area contributed by atoms with Gasteiger partial charge in [-0.15, -0.1) is 0 Å². The Morgan fingerprint density at radius 1 is 1.42 bits per heavy atom. The summed E-state index contributed by atoms with van der Waals surface area (Å²) in [6.45, 7) is 2.46. The normalized spacial score (nSPS) is 34.8. The first-order chi connectivity index (χ1) is 5.79. The van der Waals surface area contributed by atoms with E-state index in [4.69, 9.17) is 5.26 Å². The Labute approximate surface area is 73.5 Å². The van der Waals surface area contributed by atoms with Gasteiger partial charge in [-0.1, -0.05) is 5.57 Å². The molecule has 64 valence electrons. The third-order valence-electron chi connectivity index (χ3n) is 3.08. The van der Waals surface area contributed by atoms with Crippen LogP contribution in [0.25, 0.3) is 0 Å². The summed E-state index contributed by atoms with van der Waals surface area (Å²) in [5, 5.41) is 8.51. The van der Waals surface area contributed by atoms with Crippen molar-refractivity contribution in [3.63, 3.8) is 0 Å². The average molecular weight is 162 g/mol. The first-order valence-electron chi connectivity index (χ1n) is 4.55. The van der Waals surface area contributed by atoms with Crippen molar-refractivity contribution < 1.29 is 0 Å². The van der Waals surface area contributed by atoms with Crippen LogP contribution in [0.5, 0.6) is 0 Å². The highest BCUT2D eigenvalue weighted by Crippen LogP contribution is 2.40. The lowest BCUT2D eigenvalue weighted by molar-refractivity contribution is 0.387. The quantitative estimate of drug-likeness (QED) is 0.503. The number of hydrogen-bond donors (Lipinski definition) is 0. The Hall–Kier alpha value is -0.810. The fourth-order valence-corrected chi connectivity index (χ4v) is 2.60. The Morgan fingerprint density at radius 3 is 2.50 bits per heavy atom. The van der Waals surface area contributed by atoms with Crippen molar-refractivity contribution in [2.75, 3.05) is 20.1 Å².